The van der Waals surface area contributed by atoms with Gasteiger partial charge in [0.1, 0.15) is 5.83 Å². The molecule has 0 amide bonds. The topological polar surface area (TPSA) is 0 Å². The Morgan fingerprint density at radius 3 is 2.62 bits per heavy atom. The van der Waals surface area contributed by atoms with Crippen molar-refractivity contribution in [1.82, 2.24) is 0 Å². The second-order valence-electron chi connectivity index (χ2n) is 1.29. The van der Waals surface area contributed by atoms with E-state index in [-0.39, 0.29) is 5.83 Å². The maximum absolute atomic E-state index is 12.1. The van der Waals surface area contributed by atoms with Gasteiger partial charge in [-0.1, -0.05) is 18.7 Å². The molecule has 0 aliphatic rings. The first-order chi connectivity index (χ1) is 3.81. The zero-order chi connectivity index (χ0) is 6.41. The first-order valence-corrected chi connectivity index (χ1v) is 2.42. The molecule has 0 atom stereocenters. The van der Waals surface area contributed by atoms with E-state index in [2.05, 4.69) is 6.58 Å². The Kier molecular flexibility index (Phi) is 3.85. The molecule has 0 saturated carbocycles. The molecule has 0 spiro atoms. The van der Waals surface area contributed by atoms with Crippen molar-refractivity contribution >= 4 is 0 Å². The van der Waals surface area contributed by atoms with Gasteiger partial charge in [0.05, 0.1) is 0 Å². The molecule has 44 valence electrons. The number of hydrogen-bond donors (Lipinski definition) is 0. The molecule has 0 nitrogen and oxygen atoms in total. The Bertz CT molecular complexity index is 120. The van der Waals surface area contributed by atoms with Gasteiger partial charge in [0, 0.05) is 0 Å². The minimum Gasteiger partial charge on any atom is -0.207 e. The molecule has 0 aliphatic heterocycles. The predicted octanol–water partition coefficient (Wildman–Crippen LogP) is 2.60. The molecule has 0 aromatic heterocycles. The average molecular weight is 112 g/mol. The second-order valence-corrected chi connectivity index (χ2v) is 1.29. The summed E-state index contributed by atoms with van der Waals surface area (Å²) >= 11 is 0. The van der Waals surface area contributed by atoms with Crippen molar-refractivity contribution in [3.8, 4) is 0 Å². The Morgan fingerprint density at radius 2 is 2.25 bits per heavy atom. The third-order valence-corrected chi connectivity index (χ3v) is 0.603. The van der Waals surface area contributed by atoms with Gasteiger partial charge in [-0.05, 0) is 19.1 Å². The van der Waals surface area contributed by atoms with Crippen LogP contribution in [-0.2, 0) is 0 Å². The average Bonchev–Trinajstić information content (AvgIpc) is 1.68. The van der Waals surface area contributed by atoms with Crippen molar-refractivity contribution in [1.29, 1.82) is 0 Å². The molecular formula is C7H9F. The highest BCUT2D eigenvalue weighted by molar-refractivity contribution is 5.15. The van der Waals surface area contributed by atoms with Gasteiger partial charge >= 0.3 is 0 Å². The van der Waals surface area contributed by atoms with E-state index in [4.69, 9.17) is 0 Å². The third kappa shape index (κ3) is 3.34. The standard InChI is InChI=1S/C7H9F/c1-3-5-7(8)6-4-2/h3-6H,1H2,2H3. The maximum Gasteiger partial charge on any atom is 0.122 e. The zero-order valence-corrected chi connectivity index (χ0v) is 4.89. The SMILES string of the molecule is C=CC=C(F)C=CC. The van der Waals surface area contributed by atoms with Crippen molar-refractivity contribution in [2.45, 2.75) is 6.92 Å². The van der Waals surface area contributed by atoms with Crippen LogP contribution >= 0.6 is 0 Å². The second kappa shape index (κ2) is 4.31. The predicted molar refractivity (Wildman–Crippen MR) is 34.2 cm³/mol. The molecule has 0 fully saturated rings. The summed E-state index contributed by atoms with van der Waals surface area (Å²) in [7, 11) is 0. The minimum atomic E-state index is -0.262. The van der Waals surface area contributed by atoms with Gasteiger partial charge < -0.3 is 0 Å². The molecule has 0 radical (unpaired) electrons. The van der Waals surface area contributed by atoms with Crippen LogP contribution in [0.1, 0.15) is 6.92 Å². The minimum absolute atomic E-state index is 0.262. The molecule has 8 heavy (non-hydrogen) atoms. The molecule has 0 aromatic carbocycles. The van der Waals surface area contributed by atoms with Gasteiger partial charge in [-0.3, -0.25) is 0 Å². The quantitative estimate of drug-likeness (QED) is 0.481. The van der Waals surface area contributed by atoms with Crippen molar-refractivity contribution in [2.75, 3.05) is 0 Å². The van der Waals surface area contributed by atoms with Crippen LogP contribution in [0.3, 0.4) is 0 Å². The van der Waals surface area contributed by atoms with Gasteiger partial charge in [-0.25, -0.2) is 4.39 Å². The molecule has 0 rings (SSSR count). The van der Waals surface area contributed by atoms with E-state index >= 15 is 0 Å². The van der Waals surface area contributed by atoms with Crippen molar-refractivity contribution < 1.29 is 4.39 Å². The highest BCUT2D eigenvalue weighted by Crippen LogP contribution is 1.96. The third-order valence-electron chi connectivity index (χ3n) is 0.603. The van der Waals surface area contributed by atoms with Crippen LogP contribution in [0.5, 0.6) is 0 Å². The Labute approximate surface area is 49.0 Å². The van der Waals surface area contributed by atoms with Crippen LogP contribution in [0.15, 0.2) is 36.7 Å². The van der Waals surface area contributed by atoms with E-state index in [9.17, 15) is 4.39 Å². The Hall–Kier alpha value is -0.850. The fourth-order valence-corrected chi connectivity index (χ4v) is 0.327. The zero-order valence-electron chi connectivity index (χ0n) is 4.89. The fourth-order valence-electron chi connectivity index (χ4n) is 0.327. The summed E-state index contributed by atoms with van der Waals surface area (Å²) in [5, 5.41) is 0. The number of rotatable bonds is 2. The van der Waals surface area contributed by atoms with E-state index in [1.807, 2.05) is 0 Å². The van der Waals surface area contributed by atoms with Crippen LogP contribution < -0.4 is 0 Å². The van der Waals surface area contributed by atoms with Crippen LogP contribution in [0.4, 0.5) is 4.39 Å². The van der Waals surface area contributed by atoms with Gasteiger partial charge in [-0.2, -0.15) is 0 Å². The summed E-state index contributed by atoms with van der Waals surface area (Å²) in [6.07, 6.45) is 5.73. The largest absolute Gasteiger partial charge is 0.207 e. The van der Waals surface area contributed by atoms with Crippen molar-refractivity contribution in [3.63, 3.8) is 0 Å². The smallest absolute Gasteiger partial charge is 0.122 e. The monoisotopic (exact) mass is 112 g/mol. The van der Waals surface area contributed by atoms with Gasteiger partial charge in [0.25, 0.3) is 0 Å². The lowest BCUT2D eigenvalue weighted by Gasteiger charge is -1.77. The first kappa shape index (κ1) is 7.15. The summed E-state index contributed by atoms with van der Waals surface area (Å²) in [6, 6.07) is 0. The van der Waals surface area contributed by atoms with Crippen molar-refractivity contribution in [3.05, 3.63) is 36.7 Å². The van der Waals surface area contributed by atoms with Crippen LogP contribution in [0.25, 0.3) is 0 Å². The summed E-state index contributed by atoms with van der Waals surface area (Å²) in [5.74, 6) is -0.262. The fraction of sp³-hybridized carbons (Fsp3) is 0.143. The number of allylic oxidation sites excluding steroid dienone is 5. The molecule has 0 N–H and O–H groups in total. The van der Waals surface area contributed by atoms with E-state index < -0.39 is 0 Å². The molecular weight excluding hydrogens is 103 g/mol. The van der Waals surface area contributed by atoms with E-state index in [0.717, 1.165) is 0 Å². The Morgan fingerprint density at radius 1 is 1.62 bits per heavy atom. The highest BCUT2D eigenvalue weighted by atomic mass is 19.1. The molecule has 0 unspecified atom stereocenters. The van der Waals surface area contributed by atoms with Crippen LogP contribution in [0.2, 0.25) is 0 Å². The van der Waals surface area contributed by atoms with E-state index in [1.165, 1.54) is 18.2 Å². The lowest BCUT2D eigenvalue weighted by molar-refractivity contribution is 0.667. The lowest BCUT2D eigenvalue weighted by atomic mass is 10.4. The molecule has 1 heteroatoms. The van der Waals surface area contributed by atoms with Crippen LogP contribution in [-0.4, -0.2) is 0 Å². The summed E-state index contributed by atoms with van der Waals surface area (Å²) < 4.78 is 12.1. The summed E-state index contributed by atoms with van der Waals surface area (Å²) in [6.45, 7) is 5.09. The van der Waals surface area contributed by atoms with Gasteiger partial charge in [-0.15, -0.1) is 0 Å². The maximum atomic E-state index is 12.1. The molecule has 0 aliphatic carbocycles. The molecule has 0 aromatic rings. The summed E-state index contributed by atoms with van der Waals surface area (Å²) in [4.78, 5) is 0. The van der Waals surface area contributed by atoms with E-state index in [1.54, 1.807) is 13.0 Å². The van der Waals surface area contributed by atoms with Gasteiger partial charge in [0.2, 0.25) is 0 Å². The highest BCUT2D eigenvalue weighted by Gasteiger charge is 1.77. The number of hydrogen-bond acceptors (Lipinski definition) is 0. The number of halogens is 1. The van der Waals surface area contributed by atoms with E-state index in [0.29, 0.717) is 0 Å². The molecule has 0 saturated heterocycles. The first-order valence-electron chi connectivity index (χ1n) is 2.42. The Balaban J connectivity index is 3.79. The normalized spacial score (nSPS) is 12.5. The molecule has 0 bridgehead atoms. The summed E-state index contributed by atoms with van der Waals surface area (Å²) in [5.41, 5.74) is 0. The van der Waals surface area contributed by atoms with Crippen LogP contribution in [0, 0.1) is 0 Å². The van der Waals surface area contributed by atoms with Crippen molar-refractivity contribution in [2.24, 2.45) is 0 Å². The van der Waals surface area contributed by atoms with Gasteiger partial charge in [0.15, 0.2) is 0 Å². The molecule has 0 heterocycles. The lowest BCUT2D eigenvalue weighted by Crippen LogP contribution is -1.58.